The summed E-state index contributed by atoms with van der Waals surface area (Å²) in [4.78, 5) is 26.6. The molecular formula is C18H19N3O2. The summed E-state index contributed by atoms with van der Waals surface area (Å²) in [5.74, 6) is -0.0692. The van der Waals surface area contributed by atoms with E-state index in [4.69, 9.17) is 0 Å². The zero-order chi connectivity index (χ0) is 15.8. The second kappa shape index (κ2) is 5.65. The molecule has 0 spiro atoms. The quantitative estimate of drug-likeness (QED) is 0.848. The molecule has 5 nitrogen and oxygen atoms in total. The van der Waals surface area contributed by atoms with Crippen molar-refractivity contribution in [3.05, 3.63) is 57.5 Å². The molecule has 2 aromatic rings. The lowest BCUT2D eigenvalue weighted by Crippen LogP contribution is -2.37. The van der Waals surface area contributed by atoms with Gasteiger partial charge in [0.25, 0.3) is 5.56 Å². The van der Waals surface area contributed by atoms with Crippen LogP contribution in [0.15, 0.2) is 35.1 Å². The molecule has 4 rings (SSSR count). The SMILES string of the molecule is O=C(Cn1nc2c(cc1=O)CCCC2)N1CCc2ccccc21. The molecule has 0 bridgehead atoms. The van der Waals surface area contributed by atoms with Crippen molar-refractivity contribution in [2.75, 3.05) is 11.4 Å². The topological polar surface area (TPSA) is 55.2 Å². The average molecular weight is 309 g/mol. The Morgan fingerprint density at radius 3 is 2.83 bits per heavy atom. The van der Waals surface area contributed by atoms with Crippen molar-refractivity contribution in [3.63, 3.8) is 0 Å². The van der Waals surface area contributed by atoms with Crippen molar-refractivity contribution in [2.24, 2.45) is 0 Å². The molecule has 1 aromatic carbocycles. The number of hydrogen-bond donors (Lipinski definition) is 0. The summed E-state index contributed by atoms with van der Waals surface area (Å²) in [7, 11) is 0. The van der Waals surface area contributed by atoms with E-state index in [1.807, 2.05) is 24.3 Å². The summed E-state index contributed by atoms with van der Waals surface area (Å²) in [6.07, 6.45) is 4.91. The second-order valence-electron chi connectivity index (χ2n) is 6.24. The number of hydrogen-bond acceptors (Lipinski definition) is 3. The number of anilines is 1. The number of aryl methyl sites for hydroxylation is 2. The number of amides is 1. The standard InChI is InChI=1S/C18H19N3O2/c22-17-11-14-6-1-3-7-15(14)19-21(17)12-18(23)20-10-9-13-5-2-4-8-16(13)20/h2,4-5,8,11H,1,3,6-7,9-10,12H2. The molecule has 5 heteroatoms. The third kappa shape index (κ3) is 2.56. The molecule has 0 fully saturated rings. The van der Waals surface area contributed by atoms with Crippen molar-refractivity contribution in [3.8, 4) is 0 Å². The molecule has 1 amide bonds. The smallest absolute Gasteiger partial charge is 0.267 e. The second-order valence-corrected chi connectivity index (χ2v) is 6.24. The summed E-state index contributed by atoms with van der Waals surface area (Å²) >= 11 is 0. The van der Waals surface area contributed by atoms with Crippen LogP contribution in [0.1, 0.15) is 29.7 Å². The van der Waals surface area contributed by atoms with Gasteiger partial charge in [0.15, 0.2) is 0 Å². The average Bonchev–Trinajstić information content (AvgIpc) is 2.99. The van der Waals surface area contributed by atoms with Crippen molar-refractivity contribution in [1.82, 2.24) is 9.78 Å². The Morgan fingerprint density at radius 1 is 1.09 bits per heavy atom. The Morgan fingerprint density at radius 2 is 1.91 bits per heavy atom. The Balaban J connectivity index is 1.59. The number of carbonyl (C=O) groups excluding carboxylic acids is 1. The van der Waals surface area contributed by atoms with Crippen molar-refractivity contribution in [2.45, 2.75) is 38.6 Å². The van der Waals surface area contributed by atoms with Gasteiger partial charge in [0.05, 0.1) is 5.69 Å². The largest absolute Gasteiger partial charge is 0.310 e. The van der Waals surface area contributed by atoms with E-state index < -0.39 is 0 Å². The fourth-order valence-corrected chi connectivity index (χ4v) is 3.53. The molecule has 0 radical (unpaired) electrons. The first kappa shape index (κ1) is 14.2. The van der Waals surface area contributed by atoms with Gasteiger partial charge in [-0.05, 0) is 49.3 Å². The van der Waals surface area contributed by atoms with Crippen molar-refractivity contribution in [1.29, 1.82) is 0 Å². The highest BCUT2D eigenvalue weighted by molar-refractivity contribution is 5.95. The van der Waals surface area contributed by atoms with E-state index in [2.05, 4.69) is 5.10 Å². The predicted octanol–water partition coefficient (Wildman–Crippen LogP) is 1.71. The normalized spacial score (nSPS) is 16.1. The van der Waals surface area contributed by atoms with Gasteiger partial charge >= 0.3 is 0 Å². The van der Waals surface area contributed by atoms with Gasteiger partial charge in [0, 0.05) is 18.3 Å². The number of aromatic nitrogens is 2. The Kier molecular flexibility index (Phi) is 3.48. The van der Waals surface area contributed by atoms with Gasteiger partial charge in [0.1, 0.15) is 6.54 Å². The highest BCUT2D eigenvalue weighted by Gasteiger charge is 2.25. The van der Waals surface area contributed by atoms with Gasteiger partial charge in [-0.2, -0.15) is 5.10 Å². The van der Waals surface area contributed by atoms with Gasteiger partial charge in [-0.25, -0.2) is 4.68 Å². The van der Waals surface area contributed by atoms with E-state index in [-0.39, 0.29) is 18.0 Å². The lowest BCUT2D eigenvalue weighted by Gasteiger charge is -2.19. The van der Waals surface area contributed by atoms with Crippen LogP contribution in [0.2, 0.25) is 0 Å². The maximum Gasteiger partial charge on any atom is 0.267 e. The third-order valence-electron chi connectivity index (χ3n) is 4.75. The van der Waals surface area contributed by atoms with Crippen LogP contribution in [0.4, 0.5) is 5.69 Å². The fourth-order valence-electron chi connectivity index (χ4n) is 3.53. The molecule has 0 saturated heterocycles. The zero-order valence-corrected chi connectivity index (χ0v) is 13.0. The van der Waals surface area contributed by atoms with E-state index in [0.717, 1.165) is 49.0 Å². The first-order valence-corrected chi connectivity index (χ1v) is 8.20. The Labute approximate surface area is 134 Å². The monoisotopic (exact) mass is 309 g/mol. The summed E-state index contributed by atoms with van der Waals surface area (Å²) in [5, 5.41) is 4.44. The minimum absolute atomic E-state index is 0.0143. The van der Waals surface area contributed by atoms with Crippen LogP contribution < -0.4 is 10.5 Å². The van der Waals surface area contributed by atoms with E-state index >= 15 is 0 Å². The minimum Gasteiger partial charge on any atom is -0.310 e. The highest BCUT2D eigenvalue weighted by Crippen LogP contribution is 2.27. The van der Waals surface area contributed by atoms with Crippen LogP contribution in [0.3, 0.4) is 0 Å². The third-order valence-corrected chi connectivity index (χ3v) is 4.75. The lowest BCUT2D eigenvalue weighted by atomic mass is 9.97. The molecule has 0 N–H and O–H groups in total. The van der Waals surface area contributed by atoms with Crippen LogP contribution in [-0.2, 0) is 30.6 Å². The van der Waals surface area contributed by atoms with Crippen LogP contribution in [0, 0.1) is 0 Å². The van der Waals surface area contributed by atoms with Gasteiger partial charge < -0.3 is 4.90 Å². The molecule has 1 aliphatic carbocycles. The Bertz CT molecular complexity index is 825. The molecule has 0 saturated carbocycles. The molecule has 0 atom stereocenters. The van der Waals surface area contributed by atoms with Crippen LogP contribution >= 0.6 is 0 Å². The van der Waals surface area contributed by atoms with Gasteiger partial charge in [-0.1, -0.05) is 18.2 Å². The van der Waals surface area contributed by atoms with Gasteiger partial charge in [0.2, 0.25) is 5.91 Å². The van der Waals surface area contributed by atoms with Gasteiger partial charge in [-0.15, -0.1) is 0 Å². The molecule has 2 aliphatic rings. The van der Waals surface area contributed by atoms with E-state index in [1.54, 1.807) is 11.0 Å². The molecule has 0 unspecified atom stereocenters. The molecule has 23 heavy (non-hydrogen) atoms. The number of nitrogens with zero attached hydrogens (tertiary/aromatic N) is 3. The van der Waals surface area contributed by atoms with Crippen LogP contribution in [0.5, 0.6) is 0 Å². The molecule has 1 aromatic heterocycles. The summed E-state index contributed by atoms with van der Waals surface area (Å²) in [6.45, 7) is 0.693. The lowest BCUT2D eigenvalue weighted by molar-refractivity contribution is -0.119. The molecule has 118 valence electrons. The maximum absolute atomic E-state index is 12.6. The first-order valence-electron chi connectivity index (χ1n) is 8.20. The Hall–Kier alpha value is -2.43. The van der Waals surface area contributed by atoms with Crippen molar-refractivity contribution >= 4 is 11.6 Å². The van der Waals surface area contributed by atoms with Gasteiger partial charge in [-0.3, -0.25) is 9.59 Å². The first-order chi connectivity index (χ1) is 11.2. The van der Waals surface area contributed by atoms with E-state index in [1.165, 1.54) is 10.2 Å². The summed E-state index contributed by atoms with van der Waals surface area (Å²) in [5.41, 5.74) is 4.00. The summed E-state index contributed by atoms with van der Waals surface area (Å²) in [6, 6.07) is 9.60. The van der Waals surface area contributed by atoms with E-state index in [9.17, 15) is 9.59 Å². The van der Waals surface area contributed by atoms with E-state index in [0.29, 0.717) is 6.54 Å². The van der Waals surface area contributed by atoms with Crippen LogP contribution in [0.25, 0.3) is 0 Å². The van der Waals surface area contributed by atoms with Crippen molar-refractivity contribution < 1.29 is 4.79 Å². The summed E-state index contributed by atoms with van der Waals surface area (Å²) < 4.78 is 1.33. The number of carbonyl (C=O) groups is 1. The molecule has 1 aliphatic heterocycles. The molecular weight excluding hydrogens is 290 g/mol. The predicted molar refractivity (Wildman–Crippen MR) is 87.6 cm³/mol. The number of para-hydroxylation sites is 1. The zero-order valence-electron chi connectivity index (χ0n) is 13.0. The minimum atomic E-state index is -0.175. The number of benzene rings is 1. The highest BCUT2D eigenvalue weighted by atomic mass is 16.2. The number of fused-ring (bicyclic) bond motifs is 2. The number of rotatable bonds is 2. The maximum atomic E-state index is 12.6. The fraction of sp³-hybridized carbons (Fsp3) is 0.389. The van der Waals surface area contributed by atoms with Crippen LogP contribution in [-0.4, -0.2) is 22.2 Å². The molecule has 2 heterocycles.